The van der Waals surface area contributed by atoms with E-state index in [1.54, 1.807) is 42.5 Å². The van der Waals surface area contributed by atoms with Crippen LogP contribution in [-0.4, -0.2) is 27.0 Å². The van der Waals surface area contributed by atoms with Crippen molar-refractivity contribution in [2.75, 3.05) is 16.2 Å². The molecule has 40 heavy (non-hydrogen) atoms. The van der Waals surface area contributed by atoms with Crippen LogP contribution in [0, 0.1) is 6.92 Å². The summed E-state index contributed by atoms with van der Waals surface area (Å²) in [7, 11) is -3.98. The summed E-state index contributed by atoms with van der Waals surface area (Å²) >= 11 is 0. The topological polar surface area (TPSA) is 88.9 Å². The van der Waals surface area contributed by atoms with E-state index in [0.29, 0.717) is 22.7 Å². The number of hydrogen-bond acceptors (Lipinski definition) is 5. The van der Waals surface area contributed by atoms with Crippen molar-refractivity contribution in [3.8, 4) is 5.75 Å². The van der Waals surface area contributed by atoms with Gasteiger partial charge in [-0.25, -0.2) is 8.42 Å². The molecule has 0 fully saturated rings. The minimum absolute atomic E-state index is 0.154. The smallest absolute Gasteiger partial charge is 0.267 e. The predicted molar refractivity (Wildman–Crippen MR) is 158 cm³/mol. The Morgan fingerprint density at radius 1 is 0.900 bits per heavy atom. The Labute approximate surface area is 233 Å². The predicted octanol–water partition coefficient (Wildman–Crippen LogP) is 6.79. The van der Waals surface area contributed by atoms with E-state index in [-0.39, 0.29) is 16.9 Å². The highest BCUT2D eigenvalue weighted by Crippen LogP contribution is 2.40. The van der Waals surface area contributed by atoms with Crippen LogP contribution in [0.1, 0.15) is 31.9 Å². The molecule has 1 aliphatic heterocycles. The maximum Gasteiger partial charge on any atom is 0.267 e. The molecular formula is C32H30N2O5S. The summed E-state index contributed by atoms with van der Waals surface area (Å²) in [6.07, 6.45) is -1.07. The van der Waals surface area contributed by atoms with Crippen LogP contribution in [0.15, 0.2) is 94.2 Å². The van der Waals surface area contributed by atoms with E-state index >= 15 is 0 Å². The third-order valence-electron chi connectivity index (χ3n) is 7.24. The summed E-state index contributed by atoms with van der Waals surface area (Å²) in [5.41, 5.74) is 4.06. The summed E-state index contributed by atoms with van der Waals surface area (Å²) in [6, 6.07) is 25.4. The molecule has 8 heteroatoms. The van der Waals surface area contributed by atoms with Gasteiger partial charge in [0.1, 0.15) is 16.9 Å². The normalized spacial score (nSPS) is 15.6. The van der Waals surface area contributed by atoms with Crippen LogP contribution in [0.25, 0.3) is 21.9 Å². The first-order valence-corrected chi connectivity index (χ1v) is 14.6. The summed E-state index contributed by atoms with van der Waals surface area (Å²) in [5.74, 6) is -0.118. The maximum absolute atomic E-state index is 13.9. The van der Waals surface area contributed by atoms with Crippen LogP contribution in [0.4, 0.5) is 11.4 Å². The fourth-order valence-corrected chi connectivity index (χ4v) is 6.41. The van der Waals surface area contributed by atoms with E-state index in [0.717, 1.165) is 27.5 Å². The van der Waals surface area contributed by atoms with Gasteiger partial charge in [-0.15, -0.1) is 0 Å². The first kappa shape index (κ1) is 26.0. The quantitative estimate of drug-likeness (QED) is 0.264. The fourth-order valence-electron chi connectivity index (χ4n) is 4.95. The molecule has 1 amide bonds. The largest absolute Gasteiger partial charge is 0.476 e. The number of para-hydroxylation sites is 1. The molecule has 0 bridgehead atoms. The third-order valence-corrected chi connectivity index (χ3v) is 9.04. The molecule has 0 saturated heterocycles. The van der Waals surface area contributed by atoms with E-state index in [9.17, 15) is 13.2 Å². The number of carbonyl (C=O) groups excluding carboxylic acids is 1. The van der Waals surface area contributed by atoms with Crippen LogP contribution in [-0.2, 0) is 20.2 Å². The highest BCUT2D eigenvalue weighted by molar-refractivity contribution is 7.92. The number of benzene rings is 4. The molecule has 0 aliphatic carbocycles. The Morgan fingerprint density at radius 2 is 1.62 bits per heavy atom. The number of amides is 1. The molecule has 0 saturated carbocycles. The van der Waals surface area contributed by atoms with Gasteiger partial charge in [-0.05, 0) is 60.4 Å². The van der Waals surface area contributed by atoms with Gasteiger partial charge in [-0.2, -0.15) is 0 Å². The van der Waals surface area contributed by atoms with E-state index in [2.05, 4.69) is 26.1 Å². The van der Waals surface area contributed by atoms with Gasteiger partial charge in [0.25, 0.3) is 15.9 Å². The van der Waals surface area contributed by atoms with Crippen molar-refractivity contribution in [3.63, 3.8) is 0 Å². The summed E-state index contributed by atoms with van der Waals surface area (Å²) < 4.78 is 41.2. The zero-order valence-electron chi connectivity index (χ0n) is 22.8. The average molecular weight is 555 g/mol. The molecule has 7 nitrogen and oxygen atoms in total. The van der Waals surface area contributed by atoms with Crippen LogP contribution in [0.3, 0.4) is 0 Å². The van der Waals surface area contributed by atoms with Crippen LogP contribution < -0.4 is 14.4 Å². The highest BCUT2D eigenvalue weighted by Gasteiger charge is 2.38. The molecule has 1 N–H and O–H groups in total. The lowest BCUT2D eigenvalue weighted by atomic mass is 9.86. The lowest BCUT2D eigenvalue weighted by Crippen LogP contribution is -2.49. The molecule has 1 aliphatic rings. The molecule has 6 rings (SSSR count). The van der Waals surface area contributed by atoms with Gasteiger partial charge in [0.15, 0.2) is 6.10 Å². The Hall–Kier alpha value is -4.30. The number of sulfonamides is 1. The first-order chi connectivity index (χ1) is 19.0. The Bertz CT molecular complexity index is 1870. The van der Waals surface area contributed by atoms with Crippen molar-refractivity contribution >= 4 is 49.2 Å². The van der Waals surface area contributed by atoms with Crippen LogP contribution in [0.2, 0.25) is 0 Å². The molecule has 204 valence electrons. The second-order valence-corrected chi connectivity index (χ2v) is 13.0. The minimum atomic E-state index is -3.98. The highest BCUT2D eigenvalue weighted by atomic mass is 32.2. The Kier molecular flexibility index (Phi) is 6.11. The van der Waals surface area contributed by atoms with Gasteiger partial charge >= 0.3 is 0 Å². The Balaban J connectivity index is 1.35. The van der Waals surface area contributed by atoms with E-state index < -0.39 is 22.0 Å². The minimum Gasteiger partial charge on any atom is -0.476 e. The van der Waals surface area contributed by atoms with Crippen molar-refractivity contribution in [2.45, 2.75) is 44.1 Å². The second-order valence-electron chi connectivity index (χ2n) is 11.2. The molecule has 0 spiro atoms. The van der Waals surface area contributed by atoms with Crippen LogP contribution in [0.5, 0.6) is 5.75 Å². The van der Waals surface area contributed by atoms with E-state index in [1.807, 2.05) is 49.4 Å². The molecule has 0 radical (unpaired) electrons. The van der Waals surface area contributed by atoms with Gasteiger partial charge in [-0.3, -0.25) is 9.10 Å². The lowest BCUT2D eigenvalue weighted by molar-refractivity contribution is -0.122. The van der Waals surface area contributed by atoms with Crippen molar-refractivity contribution in [1.29, 1.82) is 0 Å². The summed E-state index contributed by atoms with van der Waals surface area (Å²) in [5, 5.41) is 4.83. The number of carbonyl (C=O) groups is 1. The van der Waals surface area contributed by atoms with Crippen molar-refractivity contribution in [2.24, 2.45) is 0 Å². The van der Waals surface area contributed by atoms with Gasteiger partial charge in [0, 0.05) is 22.5 Å². The monoisotopic (exact) mass is 554 g/mol. The first-order valence-electron chi connectivity index (χ1n) is 13.1. The van der Waals surface area contributed by atoms with Gasteiger partial charge in [0.2, 0.25) is 0 Å². The molecule has 1 unspecified atom stereocenters. The third kappa shape index (κ3) is 4.58. The molecule has 2 heterocycles. The molecule has 4 aromatic carbocycles. The number of anilines is 2. The van der Waals surface area contributed by atoms with Gasteiger partial charge in [-0.1, -0.05) is 62.7 Å². The number of furan rings is 1. The summed E-state index contributed by atoms with van der Waals surface area (Å²) in [4.78, 5) is 13.6. The van der Waals surface area contributed by atoms with Gasteiger partial charge in [0.05, 0.1) is 17.1 Å². The van der Waals surface area contributed by atoms with Crippen molar-refractivity contribution < 1.29 is 22.4 Å². The van der Waals surface area contributed by atoms with Gasteiger partial charge < -0.3 is 14.5 Å². The molecule has 1 aromatic heterocycles. The molecule has 1 atom stereocenters. The number of nitrogens with zero attached hydrogens (tertiary/aromatic N) is 1. The number of aryl methyl sites for hydroxylation is 1. The standard InChI is InChI=1S/C32H30N2O5S/c1-20-9-13-23(14-10-20)40(36,37)34-19-30(39-28-16-11-21(17-26(28)34)32(2,3)4)31(35)33-22-12-15-25-24-7-5-6-8-27(24)38-29(25)18-22/h5-18,30H,19H2,1-4H3,(H,33,35). The van der Waals surface area contributed by atoms with Crippen LogP contribution >= 0.6 is 0 Å². The molecular weight excluding hydrogens is 524 g/mol. The lowest BCUT2D eigenvalue weighted by Gasteiger charge is -2.36. The number of fused-ring (bicyclic) bond motifs is 4. The SMILES string of the molecule is Cc1ccc(S(=O)(=O)N2CC(C(=O)Nc3ccc4c(c3)oc3ccccc34)Oc3ccc(C(C)(C)C)cc32)cc1. The fraction of sp³-hybridized carbons (Fsp3) is 0.219. The van der Waals surface area contributed by atoms with Crippen molar-refractivity contribution in [1.82, 2.24) is 0 Å². The van der Waals surface area contributed by atoms with E-state index in [4.69, 9.17) is 9.15 Å². The maximum atomic E-state index is 13.9. The number of rotatable bonds is 4. The Morgan fingerprint density at radius 3 is 2.38 bits per heavy atom. The summed E-state index contributed by atoms with van der Waals surface area (Å²) in [6.45, 7) is 7.92. The average Bonchev–Trinajstić information content (AvgIpc) is 3.29. The zero-order valence-corrected chi connectivity index (χ0v) is 23.6. The number of hydrogen-bond donors (Lipinski definition) is 1. The van der Waals surface area contributed by atoms with E-state index in [1.165, 1.54) is 4.31 Å². The number of ether oxygens (including phenoxy) is 1. The second kappa shape index (κ2) is 9.41. The molecule has 5 aromatic rings. The number of nitrogens with one attached hydrogen (secondary N) is 1. The zero-order chi connectivity index (χ0) is 28.2. The van der Waals surface area contributed by atoms with Crippen molar-refractivity contribution in [3.05, 3.63) is 96.1 Å².